The smallest absolute Gasteiger partial charge is 0.143 e. The second-order valence-electron chi connectivity index (χ2n) is 3.58. The lowest BCUT2D eigenvalue weighted by Crippen LogP contribution is -2.28. The molecule has 0 radical (unpaired) electrons. The van der Waals surface area contributed by atoms with Crippen molar-refractivity contribution in [2.45, 2.75) is 43.3 Å². The Bertz CT molecular complexity index is 205. The molecule has 3 unspecified atom stereocenters. The van der Waals surface area contributed by atoms with Gasteiger partial charge in [-0.05, 0) is 25.7 Å². The molecule has 3 atom stereocenters. The molecule has 0 aliphatic heterocycles. The molecule has 1 saturated carbocycles. The van der Waals surface area contributed by atoms with E-state index in [2.05, 4.69) is 0 Å². The van der Waals surface area contributed by atoms with E-state index in [9.17, 15) is 0 Å². The maximum absolute atomic E-state index is 8.48. The van der Waals surface area contributed by atoms with Crippen LogP contribution in [-0.2, 0) is 9.47 Å². The zero-order chi connectivity index (χ0) is 10.4. The fraction of sp³-hybridized carbons (Fsp3) is 0.900. The number of methoxy groups -OCH3 is 1. The van der Waals surface area contributed by atoms with E-state index in [0.29, 0.717) is 12.7 Å². The van der Waals surface area contributed by atoms with Crippen LogP contribution >= 0.6 is 11.6 Å². The number of nitrogens with zero attached hydrogens (tertiary/aromatic N) is 1. The molecule has 80 valence electrons. The Balaban J connectivity index is 2.21. The molecule has 1 aliphatic carbocycles. The van der Waals surface area contributed by atoms with Gasteiger partial charge in [0, 0.05) is 7.11 Å². The molecule has 0 aromatic rings. The summed E-state index contributed by atoms with van der Waals surface area (Å²) in [6.07, 6.45) is 4.73. The first-order chi connectivity index (χ1) is 6.76. The van der Waals surface area contributed by atoms with E-state index in [1.165, 1.54) is 0 Å². The highest BCUT2D eigenvalue weighted by Gasteiger charge is 2.22. The first-order valence-corrected chi connectivity index (χ1v) is 5.38. The molecule has 0 spiro atoms. The van der Waals surface area contributed by atoms with Crippen molar-refractivity contribution in [3.05, 3.63) is 0 Å². The van der Waals surface area contributed by atoms with Gasteiger partial charge in [-0.2, -0.15) is 5.26 Å². The van der Waals surface area contributed by atoms with E-state index >= 15 is 0 Å². The van der Waals surface area contributed by atoms with Crippen molar-refractivity contribution >= 4 is 11.6 Å². The number of halogens is 1. The molecule has 3 nitrogen and oxygen atoms in total. The van der Waals surface area contributed by atoms with Gasteiger partial charge in [-0.25, -0.2) is 0 Å². The SMILES string of the molecule is COC1CCCC(OCC(Cl)C#N)C1. The van der Waals surface area contributed by atoms with Crippen LogP contribution in [-0.4, -0.2) is 31.3 Å². The predicted octanol–water partition coefficient (Wildman–Crippen LogP) is 2.09. The van der Waals surface area contributed by atoms with Crippen LogP contribution in [0.4, 0.5) is 0 Å². The summed E-state index contributed by atoms with van der Waals surface area (Å²) in [6.45, 7) is 0.319. The molecular formula is C10H16ClNO2. The Labute approximate surface area is 89.9 Å². The second kappa shape index (κ2) is 6.23. The van der Waals surface area contributed by atoms with Gasteiger partial charge in [-0.3, -0.25) is 0 Å². The van der Waals surface area contributed by atoms with Crippen LogP contribution in [0.1, 0.15) is 25.7 Å². The van der Waals surface area contributed by atoms with Crippen LogP contribution in [0, 0.1) is 11.3 Å². The zero-order valence-electron chi connectivity index (χ0n) is 8.41. The molecule has 0 N–H and O–H groups in total. The average molecular weight is 218 g/mol. The topological polar surface area (TPSA) is 42.2 Å². The van der Waals surface area contributed by atoms with Crippen molar-refractivity contribution < 1.29 is 9.47 Å². The molecule has 0 amide bonds. The van der Waals surface area contributed by atoms with Crippen molar-refractivity contribution in [2.24, 2.45) is 0 Å². The second-order valence-corrected chi connectivity index (χ2v) is 4.10. The summed E-state index contributed by atoms with van der Waals surface area (Å²) in [5.74, 6) is 0. The van der Waals surface area contributed by atoms with Crippen molar-refractivity contribution in [1.82, 2.24) is 0 Å². The fourth-order valence-corrected chi connectivity index (χ4v) is 1.80. The molecule has 1 aliphatic rings. The molecule has 1 rings (SSSR count). The van der Waals surface area contributed by atoms with Crippen LogP contribution in [0.25, 0.3) is 0 Å². The number of ether oxygens (including phenoxy) is 2. The number of alkyl halides is 1. The summed E-state index contributed by atoms with van der Waals surface area (Å²) >= 11 is 5.64. The molecule has 0 saturated heterocycles. The molecule has 4 heteroatoms. The Hall–Kier alpha value is -0.300. The summed E-state index contributed by atoms with van der Waals surface area (Å²) in [7, 11) is 1.73. The van der Waals surface area contributed by atoms with Gasteiger partial charge in [-0.15, -0.1) is 11.6 Å². The van der Waals surface area contributed by atoms with Crippen LogP contribution < -0.4 is 0 Å². The van der Waals surface area contributed by atoms with E-state index in [1.807, 2.05) is 6.07 Å². The minimum Gasteiger partial charge on any atom is -0.381 e. The van der Waals surface area contributed by atoms with E-state index in [-0.39, 0.29) is 6.10 Å². The largest absolute Gasteiger partial charge is 0.381 e. The monoisotopic (exact) mass is 217 g/mol. The third-order valence-corrected chi connectivity index (χ3v) is 2.75. The van der Waals surface area contributed by atoms with Crippen LogP contribution in [0.2, 0.25) is 0 Å². The third-order valence-electron chi connectivity index (χ3n) is 2.53. The van der Waals surface area contributed by atoms with Gasteiger partial charge in [-0.1, -0.05) is 0 Å². The lowest BCUT2D eigenvalue weighted by molar-refractivity contribution is -0.0270. The summed E-state index contributed by atoms with van der Waals surface area (Å²) in [5, 5.41) is 7.95. The molecule has 0 aromatic carbocycles. The van der Waals surface area contributed by atoms with Gasteiger partial charge in [0.25, 0.3) is 0 Å². The first kappa shape index (κ1) is 11.8. The molecule has 1 fully saturated rings. The lowest BCUT2D eigenvalue weighted by atomic mass is 9.95. The summed E-state index contributed by atoms with van der Waals surface area (Å²) in [4.78, 5) is 0. The Kier molecular flexibility index (Phi) is 5.24. The molecular weight excluding hydrogens is 202 g/mol. The fourth-order valence-electron chi connectivity index (χ4n) is 1.73. The Morgan fingerprint density at radius 1 is 1.50 bits per heavy atom. The minimum atomic E-state index is -0.530. The predicted molar refractivity (Wildman–Crippen MR) is 54.3 cm³/mol. The highest BCUT2D eigenvalue weighted by Crippen LogP contribution is 2.23. The van der Waals surface area contributed by atoms with Crippen molar-refractivity contribution in [2.75, 3.05) is 13.7 Å². The van der Waals surface area contributed by atoms with E-state index in [0.717, 1.165) is 25.7 Å². The molecule has 0 aromatic heterocycles. The summed E-state index contributed by atoms with van der Waals surface area (Å²) in [5.41, 5.74) is 0. The normalized spacial score (nSPS) is 29.5. The van der Waals surface area contributed by atoms with Crippen molar-refractivity contribution in [1.29, 1.82) is 5.26 Å². The standard InChI is InChI=1S/C10H16ClNO2/c1-13-9-3-2-4-10(5-9)14-7-8(11)6-12/h8-10H,2-5,7H2,1H3. The van der Waals surface area contributed by atoms with Gasteiger partial charge in [0.15, 0.2) is 0 Å². The number of nitriles is 1. The van der Waals surface area contributed by atoms with Gasteiger partial charge in [0.2, 0.25) is 0 Å². The van der Waals surface area contributed by atoms with Gasteiger partial charge in [0.05, 0.1) is 24.9 Å². The Morgan fingerprint density at radius 3 is 2.86 bits per heavy atom. The van der Waals surface area contributed by atoms with Crippen LogP contribution in [0.15, 0.2) is 0 Å². The quantitative estimate of drug-likeness (QED) is 0.678. The number of hydrogen-bond donors (Lipinski definition) is 0. The van der Waals surface area contributed by atoms with Gasteiger partial charge < -0.3 is 9.47 Å². The van der Waals surface area contributed by atoms with Crippen LogP contribution in [0.5, 0.6) is 0 Å². The van der Waals surface area contributed by atoms with Gasteiger partial charge in [0.1, 0.15) is 5.38 Å². The van der Waals surface area contributed by atoms with E-state index in [4.69, 9.17) is 26.3 Å². The maximum atomic E-state index is 8.48. The highest BCUT2D eigenvalue weighted by molar-refractivity contribution is 6.22. The van der Waals surface area contributed by atoms with E-state index in [1.54, 1.807) is 7.11 Å². The van der Waals surface area contributed by atoms with E-state index < -0.39 is 5.38 Å². The summed E-state index contributed by atoms with van der Waals surface area (Å²) in [6, 6.07) is 1.94. The molecule has 0 bridgehead atoms. The molecule has 14 heavy (non-hydrogen) atoms. The third kappa shape index (κ3) is 3.83. The van der Waals surface area contributed by atoms with Crippen LogP contribution in [0.3, 0.4) is 0 Å². The Morgan fingerprint density at radius 2 is 2.21 bits per heavy atom. The van der Waals surface area contributed by atoms with Gasteiger partial charge >= 0.3 is 0 Å². The minimum absolute atomic E-state index is 0.211. The molecule has 0 heterocycles. The number of rotatable bonds is 4. The average Bonchev–Trinajstić information content (AvgIpc) is 2.26. The van der Waals surface area contributed by atoms with Crippen molar-refractivity contribution in [3.8, 4) is 6.07 Å². The number of hydrogen-bond acceptors (Lipinski definition) is 3. The lowest BCUT2D eigenvalue weighted by Gasteiger charge is -2.28. The zero-order valence-corrected chi connectivity index (χ0v) is 9.17. The first-order valence-electron chi connectivity index (χ1n) is 4.94. The van der Waals surface area contributed by atoms with Crippen molar-refractivity contribution in [3.63, 3.8) is 0 Å². The summed E-state index contributed by atoms with van der Waals surface area (Å²) < 4.78 is 10.8. The highest BCUT2D eigenvalue weighted by atomic mass is 35.5. The maximum Gasteiger partial charge on any atom is 0.143 e.